The van der Waals surface area contributed by atoms with Crippen LogP contribution in [0, 0.1) is 0 Å². The van der Waals surface area contributed by atoms with E-state index in [1.807, 2.05) is 72.9 Å². The van der Waals surface area contributed by atoms with Gasteiger partial charge in [0.1, 0.15) is 11.2 Å². The molecule has 0 radical (unpaired) electrons. The predicted molar refractivity (Wildman–Crippen MR) is 220 cm³/mol. The molecule has 7 aromatic carbocycles. The van der Waals surface area contributed by atoms with E-state index in [0.29, 0.717) is 35.3 Å². The van der Waals surface area contributed by atoms with Gasteiger partial charge in [-0.05, 0) is 106 Å². The van der Waals surface area contributed by atoms with Crippen molar-refractivity contribution in [2.45, 2.75) is 12.5 Å². The lowest BCUT2D eigenvalue weighted by Gasteiger charge is -2.23. The van der Waals surface area contributed by atoms with E-state index in [9.17, 15) is 0 Å². The number of benzene rings is 7. The molecule has 0 aliphatic carbocycles. The SMILES string of the molecule is c1ccc(C2=N[C@H](c3ccc4oc5ccccc5c4c3)CC(c3cc(-c4ccc5c(c4)Oc4ccccc4O5)cc(-c4cccc5ncccc45)c3)=N2)cc1. The molecule has 0 bridgehead atoms. The number of para-hydroxylation sites is 3. The Morgan fingerprint density at radius 3 is 2.13 bits per heavy atom. The van der Waals surface area contributed by atoms with Gasteiger partial charge in [0.05, 0.1) is 17.3 Å². The molecule has 260 valence electrons. The fourth-order valence-corrected chi connectivity index (χ4v) is 7.81. The van der Waals surface area contributed by atoms with Crippen molar-refractivity contribution in [2.24, 2.45) is 9.98 Å². The van der Waals surface area contributed by atoms with Crippen molar-refractivity contribution in [1.29, 1.82) is 0 Å². The van der Waals surface area contributed by atoms with E-state index in [2.05, 4.69) is 102 Å². The summed E-state index contributed by atoms with van der Waals surface area (Å²) < 4.78 is 18.8. The Kier molecular flexibility index (Phi) is 7.20. The summed E-state index contributed by atoms with van der Waals surface area (Å²) in [5.74, 6) is 3.47. The summed E-state index contributed by atoms with van der Waals surface area (Å²) in [5, 5.41) is 3.27. The number of aromatic nitrogens is 1. The maximum Gasteiger partial charge on any atom is 0.170 e. The van der Waals surface area contributed by atoms with E-state index in [-0.39, 0.29) is 6.04 Å². The zero-order valence-corrected chi connectivity index (χ0v) is 29.5. The Bertz CT molecular complexity index is 3030. The quantitative estimate of drug-likeness (QED) is 0.178. The molecule has 6 nitrogen and oxygen atoms in total. The maximum atomic E-state index is 6.36. The van der Waals surface area contributed by atoms with Crippen LogP contribution in [0.1, 0.15) is 29.2 Å². The van der Waals surface area contributed by atoms with Crippen LogP contribution in [0.2, 0.25) is 0 Å². The Balaban J connectivity index is 1.07. The molecule has 1 atom stereocenters. The van der Waals surface area contributed by atoms with E-state index < -0.39 is 0 Å². The summed E-state index contributed by atoms with van der Waals surface area (Å²) in [6.07, 6.45) is 2.46. The van der Waals surface area contributed by atoms with Crippen LogP contribution < -0.4 is 9.47 Å². The molecule has 0 unspecified atom stereocenters. The van der Waals surface area contributed by atoms with E-state index in [0.717, 1.165) is 77.5 Å². The lowest BCUT2D eigenvalue weighted by atomic mass is 9.89. The van der Waals surface area contributed by atoms with Crippen LogP contribution in [0.5, 0.6) is 23.0 Å². The van der Waals surface area contributed by atoms with Gasteiger partial charge in [0.25, 0.3) is 0 Å². The fourth-order valence-electron chi connectivity index (χ4n) is 7.81. The number of ether oxygens (including phenoxy) is 2. The Morgan fingerprint density at radius 2 is 1.22 bits per heavy atom. The van der Waals surface area contributed by atoms with E-state index in [1.54, 1.807) is 0 Å². The van der Waals surface area contributed by atoms with Gasteiger partial charge in [-0.1, -0.05) is 91.0 Å². The molecule has 55 heavy (non-hydrogen) atoms. The second kappa shape index (κ2) is 12.7. The first-order valence-electron chi connectivity index (χ1n) is 18.4. The van der Waals surface area contributed by atoms with E-state index in [1.165, 1.54) is 0 Å². The number of amidine groups is 1. The average molecular weight is 710 g/mol. The Labute approximate surface area is 316 Å². The minimum atomic E-state index is -0.163. The highest BCUT2D eigenvalue weighted by molar-refractivity contribution is 6.15. The summed E-state index contributed by atoms with van der Waals surface area (Å²) in [6.45, 7) is 0. The minimum Gasteiger partial charge on any atom is -0.456 e. The third kappa shape index (κ3) is 5.54. The summed E-state index contributed by atoms with van der Waals surface area (Å²) in [7, 11) is 0. The smallest absolute Gasteiger partial charge is 0.170 e. The number of pyridine rings is 1. The minimum absolute atomic E-state index is 0.163. The van der Waals surface area contributed by atoms with Crippen LogP contribution in [0.4, 0.5) is 0 Å². The number of aliphatic imine (C=N–C) groups is 2. The van der Waals surface area contributed by atoms with Crippen LogP contribution in [-0.4, -0.2) is 16.5 Å². The standard InChI is InChI=1S/C49H31N3O3/c1-2-10-30(11-3-1)49-51-41(32-20-21-44-39(27-32)38-12-4-5-16-43(38)53-44)29-42(52-49)35-25-33(24-34(26-35)36-13-8-15-40-37(36)14-9-23-50-40)31-19-22-47-48(28-31)55-46-18-7-6-17-45(46)54-47/h1-28,41H,29H2/t41-/m0/s1. The number of rotatable bonds is 5. The van der Waals surface area contributed by atoms with Crippen LogP contribution in [0.15, 0.2) is 184 Å². The molecule has 0 amide bonds. The summed E-state index contributed by atoms with van der Waals surface area (Å²) >= 11 is 0. The van der Waals surface area contributed by atoms with Crippen LogP contribution in [0.25, 0.3) is 55.1 Å². The second-order valence-electron chi connectivity index (χ2n) is 13.9. The Morgan fingerprint density at radius 1 is 0.473 bits per heavy atom. The monoisotopic (exact) mass is 709 g/mol. The van der Waals surface area contributed by atoms with Crippen molar-refractivity contribution < 1.29 is 13.9 Å². The van der Waals surface area contributed by atoms with Gasteiger partial charge in [-0.3, -0.25) is 9.98 Å². The molecular formula is C49H31N3O3. The molecule has 0 fully saturated rings. The first kappa shape index (κ1) is 31.2. The van der Waals surface area contributed by atoms with E-state index >= 15 is 0 Å². The van der Waals surface area contributed by atoms with Gasteiger partial charge in [-0.25, -0.2) is 4.99 Å². The van der Waals surface area contributed by atoms with Gasteiger partial charge in [0, 0.05) is 34.3 Å². The van der Waals surface area contributed by atoms with Gasteiger partial charge in [0.2, 0.25) is 0 Å². The molecule has 2 aliphatic heterocycles. The van der Waals surface area contributed by atoms with Crippen LogP contribution in [0.3, 0.4) is 0 Å². The third-order valence-electron chi connectivity index (χ3n) is 10.5. The highest BCUT2D eigenvalue weighted by Gasteiger charge is 2.25. The lowest BCUT2D eigenvalue weighted by molar-refractivity contribution is 0.360. The maximum absolute atomic E-state index is 6.36. The molecule has 0 spiro atoms. The summed E-state index contributed by atoms with van der Waals surface area (Å²) in [4.78, 5) is 15.3. The van der Waals surface area contributed by atoms with Crippen LogP contribution >= 0.6 is 0 Å². The normalized spacial score (nSPS) is 14.8. The first-order chi connectivity index (χ1) is 27.2. The largest absolute Gasteiger partial charge is 0.456 e. The van der Waals surface area contributed by atoms with Crippen LogP contribution in [-0.2, 0) is 0 Å². The second-order valence-corrected chi connectivity index (χ2v) is 13.9. The summed E-state index contributed by atoms with van der Waals surface area (Å²) in [5.41, 5.74) is 11.0. The summed E-state index contributed by atoms with van der Waals surface area (Å²) in [6, 6.07) is 55.8. The van der Waals surface area contributed by atoms with Crippen molar-refractivity contribution >= 4 is 44.4 Å². The molecule has 2 aromatic heterocycles. The molecule has 6 heteroatoms. The molecule has 0 saturated carbocycles. The van der Waals surface area contributed by atoms with Crippen molar-refractivity contribution in [3.05, 3.63) is 187 Å². The van der Waals surface area contributed by atoms with Gasteiger partial charge < -0.3 is 13.9 Å². The lowest BCUT2D eigenvalue weighted by Crippen LogP contribution is -2.17. The molecule has 0 saturated heterocycles. The zero-order valence-electron chi connectivity index (χ0n) is 29.5. The molecule has 11 rings (SSSR count). The first-order valence-corrected chi connectivity index (χ1v) is 18.4. The predicted octanol–water partition coefficient (Wildman–Crippen LogP) is 12.7. The van der Waals surface area contributed by atoms with Gasteiger partial charge in [0.15, 0.2) is 28.8 Å². The topological polar surface area (TPSA) is 69.2 Å². The fraction of sp³-hybridized carbons (Fsp3) is 0.0408. The van der Waals surface area contributed by atoms with Gasteiger partial charge in [-0.2, -0.15) is 0 Å². The number of hydrogen-bond acceptors (Lipinski definition) is 6. The number of fused-ring (bicyclic) bond motifs is 6. The molecule has 0 N–H and O–H groups in total. The molecule has 9 aromatic rings. The number of hydrogen-bond donors (Lipinski definition) is 0. The van der Waals surface area contributed by atoms with Crippen molar-refractivity contribution in [3.8, 4) is 45.3 Å². The third-order valence-corrected chi connectivity index (χ3v) is 10.5. The zero-order chi connectivity index (χ0) is 36.3. The molecular weight excluding hydrogens is 679 g/mol. The van der Waals surface area contributed by atoms with Gasteiger partial charge >= 0.3 is 0 Å². The Hall–Kier alpha value is -7.31. The molecule has 2 aliphatic rings. The van der Waals surface area contributed by atoms with Crippen molar-refractivity contribution in [3.63, 3.8) is 0 Å². The highest BCUT2D eigenvalue weighted by Crippen LogP contribution is 2.47. The van der Waals surface area contributed by atoms with Gasteiger partial charge in [-0.15, -0.1) is 0 Å². The van der Waals surface area contributed by atoms with Crippen molar-refractivity contribution in [1.82, 2.24) is 4.98 Å². The number of nitrogens with zero attached hydrogens (tertiary/aromatic N) is 3. The average Bonchev–Trinajstić information content (AvgIpc) is 3.63. The van der Waals surface area contributed by atoms with Crippen molar-refractivity contribution in [2.75, 3.05) is 0 Å². The van der Waals surface area contributed by atoms with E-state index in [4.69, 9.17) is 23.9 Å². The number of furan rings is 1. The highest BCUT2D eigenvalue weighted by atomic mass is 16.6. The molecule has 4 heterocycles.